The highest BCUT2D eigenvalue weighted by molar-refractivity contribution is 8.19. The zero-order chi connectivity index (χ0) is 17.0. The van der Waals surface area contributed by atoms with Gasteiger partial charge in [0.2, 0.25) is 5.09 Å². The van der Waals surface area contributed by atoms with Crippen molar-refractivity contribution in [3.8, 4) is 0 Å². The number of benzene rings is 1. The van der Waals surface area contributed by atoms with Crippen molar-refractivity contribution in [3.05, 3.63) is 57.8 Å². The van der Waals surface area contributed by atoms with Crippen molar-refractivity contribution in [1.82, 2.24) is 5.43 Å². The van der Waals surface area contributed by atoms with E-state index in [1.54, 1.807) is 0 Å². The summed E-state index contributed by atoms with van der Waals surface area (Å²) in [5.74, 6) is -0.628. The van der Waals surface area contributed by atoms with Crippen molar-refractivity contribution in [2.45, 2.75) is 5.09 Å². The van der Waals surface area contributed by atoms with E-state index >= 15 is 0 Å². The highest BCUT2D eigenvalue weighted by atomic mass is 32.3. The Hall–Kier alpha value is -2.73. The third-order valence-electron chi connectivity index (χ3n) is 2.55. The average molecular weight is 341 g/mol. The standard InChI is InChI=1S/C12H11N3O7S/c16-12(8-2-1-3-9(6-8)15(17)18)14-13-7-10-4-5-11(22-10)23(19,20)21/h1-7,19-21H,(H,14,16)/b13-7+. The van der Waals surface area contributed by atoms with Crippen LogP contribution in [0.1, 0.15) is 16.1 Å². The first kappa shape index (κ1) is 16.6. The van der Waals surface area contributed by atoms with Gasteiger partial charge in [-0.3, -0.25) is 14.9 Å². The van der Waals surface area contributed by atoms with E-state index in [9.17, 15) is 14.9 Å². The molecule has 0 unspecified atom stereocenters. The Morgan fingerprint density at radius 3 is 2.65 bits per heavy atom. The van der Waals surface area contributed by atoms with Crippen molar-refractivity contribution in [2.24, 2.45) is 5.10 Å². The second-order valence-corrected chi connectivity index (χ2v) is 5.62. The molecule has 0 aliphatic heterocycles. The molecule has 122 valence electrons. The van der Waals surface area contributed by atoms with Gasteiger partial charge in [0, 0.05) is 17.7 Å². The van der Waals surface area contributed by atoms with Crippen LogP contribution in [0.5, 0.6) is 0 Å². The number of rotatable bonds is 5. The smallest absolute Gasteiger partial charge is 0.271 e. The van der Waals surface area contributed by atoms with E-state index in [0.717, 1.165) is 18.3 Å². The monoisotopic (exact) mass is 341 g/mol. The summed E-state index contributed by atoms with van der Waals surface area (Å²) in [6.45, 7) is 0. The molecule has 0 bridgehead atoms. The quantitative estimate of drug-likeness (QED) is 0.369. The van der Waals surface area contributed by atoms with Crippen molar-refractivity contribution >= 4 is 28.7 Å². The molecule has 23 heavy (non-hydrogen) atoms. The van der Waals surface area contributed by atoms with Crippen molar-refractivity contribution in [2.75, 3.05) is 0 Å². The molecule has 1 aromatic heterocycles. The molecule has 1 aromatic carbocycles. The van der Waals surface area contributed by atoms with Crippen LogP contribution in [-0.4, -0.2) is 30.7 Å². The first-order valence-electron chi connectivity index (χ1n) is 5.96. The molecule has 2 rings (SSSR count). The van der Waals surface area contributed by atoms with Crippen LogP contribution in [0.15, 0.2) is 51.0 Å². The summed E-state index contributed by atoms with van der Waals surface area (Å²) in [7, 11) is -3.96. The van der Waals surface area contributed by atoms with Gasteiger partial charge in [0.25, 0.3) is 11.6 Å². The molecule has 0 aliphatic carbocycles. The summed E-state index contributed by atoms with van der Waals surface area (Å²) in [4.78, 5) is 21.8. The van der Waals surface area contributed by atoms with Gasteiger partial charge in [-0.1, -0.05) is 6.07 Å². The number of nitro groups is 1. The van der Waals surface area contributed by atoms with E-state index < -0.39 is 26.8 Å². The Bertz CT molecular complexity index is 766. The molecule has 0 fully saturated rings. The third-order valence-corrected chi connectivity index (χ3v) is 3.31. The molecule has 1 amide bonds. The number of carbonyl (C=O) groups is 1. The molecule has 1 heterocycles. The van der Waals surface area contributed by atoms with Gasteiger partial charge in [-0.2, -0.15) is 5.10 Å². The van der Waals surface area contributed by atoms with Crippen LogP contribution in [0.25, 0.3) is 0 Å². The zero-order valence-corrected chi connectivity index (χ0v) is 12.1. The Kier molecular flexibility index (Phi) is 4.76. The number of nitrogens with one attached hydrogen (secondary N) is 1. The lowest BCUT2D eigenvalue weighted by Crippen LogP contribution is -2.17. The molecular formula is C12H11N3O7S. The van der Waals surface area contributed by atoms with Crippen LogP contribution in [0.2, 0.25) is 0 Å². The third kappa shape index (κ3) is 4.37. The van der Waals surface area contributed by atoms with Gasteiger partial charge in [0.05, 0.1) is 11.1 Å². The van der Waals surface area contributed by atoms with E-state index in [2.05, 4.69) is 10.5 Å². The second-order valence-electron chi connectivity index (χ2n) is 4.18. The predicted molar refractivity (Wildman–Crippen MR) is 80.6 cm³/mol. The molecule has 11 heteroatoms. The lowest BCUT2D eigenvalue weighted by Gasteiger charge is -2.14. The second kappa shape index (κ2) is 6.58. The van der Waals surface area contributed by atoms with Crippen LogP contribution in [-0.2, 0) is 0 Å². The van der Waals surface area contributed by atoms with E-state index in [1.807, 2.05) is 0 Å². The number of nitrogens with zero attached hydrogens (tertiary/aromatic N) is 2. The Morgan fingerprint density at radius 2 is 2.04 bits per heavy atom. The normalized spacial score (nSPS) is 12.3. The number of amides is 1. The van der Waals surface area contributed by atoms with Crippen molar-refractivity contribution < 1.29 is 27.8 Å². The number of non-ortho nitro benzene ring substituents is 1. The fourth-order valence-corrected chi connectivity index (χ4v) is 1.99. The van der Waals surface area contributed by atoms with Crippen LogP contribution < -0.4 is 5.43 Å². The molecule has 0 radical (unpaired) electrons. The number of hydrogen-bond acceptors (Lipinski definition) is 8. The maximum absolute atomic E-state index is 11.8. The fourth-order valence-electron chi connectivity index (χ4n) is 1.53. The van der Waals surface area contributed by atoms with E-state index in [0.29, 0.717) is 0 Å². The summed E-state index contributed by atoms with van der Waals surface area (Å²) in [5, 5.41) is 13.8. The molecule has 0 saturated carbocycles. The number of hydrogen-bond donors (Lipinski definition) is 4. The van der Waals surface area contributed by atoms with Gasteiger partial charge < -0.3 is 18.1 Å². The van der Waals surface area contributed by atoms with Gasteiger partial charge in [-0.15, -0.1) is 0 Å². The Balaban J connectivity index is 2.03. The SMILES string of the molecule is O=C(N/N=C/c1ccc(S(O)(O)O)o1)c1cccc([N+](=O)[O-])c1. The van der Waals surface area contributed by atoms with Gasteiger partial charge >= 0.3 is 0 Å². The van der Waals surface area contributed by atoms with Crippen molar-refractivity contribution in [3.63, 3.8) is 0 Å². The summed E-state index contributed by atoms with van der Waals surface area (Å²) in [5.41, 5.74) is 1.94. The lowest BCUT2D eigenvalue weighted by molar-refractivity contribution is -0.384. The molecule has 2 aromatic rings. The molecule has 4 N–H and O–H groups in total. The van der Waals surface area contributed by atoms with Gasteiger partial charge in [0.15, 0.2) is 0 Å². The topological polar surface area (TPSA) is 158 Å². The Labute approximate surface area is 130 Å². The van der Waals surface area contributed by atoms with E-state index in [4.69, 9.17) is 18.1 Å². The molecule has 0 atom stereocenters. The van der Waals surface area contributed by atoms with Crippen molar-refractivity contribution in [1.29, 1.82) is 0 Å². The molecule has 0 aliphatic rings. The highest BCUT2D eigenvalue weighted by Crippen LogP contribution is 2.43. The maximum atomic E-state index is 11.8. The van der Waals surface area contributed by atoms with Crippen LogP contribution in [0.3, 0.4) is 0 Å². The first-order chi connectivity index (χ1) is 10.8. The largest absolute Gasteiger partial charge is 0.444 e. The summed E-state index contributed by atoms with van der Waals surface area (Å²) >= 11 is 0. The molecular weight excluding hydrogens is 330 g/mol. The van der Waals surface area contributed by atoms with E-state index in [-0.39, 0.29) is 17.0 Å². The molecule has 10 nitrogen and oxygen atoms in total. The first-order valence-corrected chi connectivity index (χ1v) is 7.46. The number of hydrazone groups is 1. The minimum Gasteiger partial charge on any atom is -0.444 e. The lowest BCUT2D eigenvalue weighted by atomic mass is 10.2. The van der Waals surface area contributed by atoms with Crippen LogP contribution >= 0.6 is 10.9 Å². The van der Waals surface area contributed by atoms with Gasteiger partial charge in [0.1, 0.15) is 16.6 Å². The summed E-state index contributed by atoms with van der Waals surface area (Å²) in [6, 6.07) is 7.52. The molecule has 0 saturated heterocycles. The molecule has 0 spiro atoms. The Morgan fingerprint density at radius 1 is 1.30 bits per heavy atom. The maximum Gasteiger partial charge on any atom is 0.271 e. The minimum absolute atomic E-state index is 0.0426. The minimum atomic E-state index is -3.96. The zero-order valence-electron chi connectivity index (χ0n) is 11.3. The van der Waals surface area contributed by atoms with E-state index in [1.165, 1.54) is 24.3 Å². The number of carbonyl (C=O) groups excluding carboxylic acids is 1. The summed E-state index contributed by atoms with van der Waals surface area (Å²) < 4.78 is 31.8. The average Bonchev–Trinajstić information content (AvgIpc) is 2.96. The van der Waals surface area contributed by atoms with Crippen LogP contribution in [0.4, 0.5) is 5.69 Å². The predicted octanol–water partition coefficient (Wildman–Crippen LogP) is 2.53. The summed E-state index contributed by atoms with van der Waals surface area (Å²) in [6.07, 6.45) is 1.06. The highest BCUT2D eigenvalue weighted by Gasteiger charge is 2.19. The fraction of sp³-hybridized carbons (Fsp3) is 0. The number of furan rings is 1. The van der Waals surface area contributed by atoms with Gasteiger partial charge in [-0.05, 0) is 18.2 Å². The number of nitro benzene ring substituents is 1. The van der Waals surface area contributed by atoms with Crippen LogP contribution in [0, 0.1) is 10.1 Å². The van der Waals surface area contributed by atoms with Gasteiger partial charge in [-0.25, -0.2) is 5.43 Å².